The van der Waals surface area contributed by atoms with Gasteiger partial charge in [0, 0.05) is 55.0 Å². The quantitative estimate of drug-likeness (QED) is 0.707. The summed E-state index contributed by atoms with van der Waals surface area (Å²) in [5.74, 6) is 0.775. The van der Waals surface area contributed by atoms with Crippen molar-refractivity contribution in [2.45, 2.75) is 0 Å². The highest BCUT2D eigenvalue weighted by atomic mass is 16.5. The third kappa shape index (κ3) is 3.23. The van der Waals surface area contributed by atoms with E-state index in [2.05, 4.69) is 15.2 Å². The molecule has 6 nitrogen and oxygen atoms in total. The van der Waals surface area contributed by atoms with Gasteiger partial charge in [-0.3, -0.25) is 0 Å². The van der Waals surface area contributed by atoms with E-state index in [-0.39, 0.29) is 0 Å². The standard InChI is InChI=1S/C20H21N3O3/c1-25-20(24)17-4-2-15(23-10-8-21-9-11-23)13-19(17)26-16-3-5-18-14(12-16)6-7-22-18/h2-7,12-13,21-22H,8-11H2,1H3. The van der Waals surface area contributed by atoms with E-state index in [0.717, 1.165) is 42.8 Å². The van der Waals surface area contributed by atoms with E-state index in [1.165, 1.54) is 7.11 Å². The van der Waals surface area contributed by atoms with Crippen molar-refractivity contribution in [1.82, 2.24) is 10.3 Å². The Balaban J connectivity index is 1.69. The van der Waals surface area contributed by atoms with E-state index in [4.69, 9.17) is 9.47 Å². The number of nitrogens with zero attached hydrogens (tertiary/aromatic N) is 1. The van der Waals surface area contributed by atoms with Crippen molar-refractivity contribution in [3.8, 4) is 11.5 Å². The molecule has 26 heavy (non-hydrogen) atoms. The SMILES string of the molecule is COC(=O)c1ccc(N2CCNCC2)cc1Oc1ccc2[nH]ccc2c1. The first-order valence-corrected chi connectivity index (χ1v) is 8.67. The molecule has 0 amide bonds. The molecule has 2 heterocycles. The molecule has 1 aliphatic rings. The summed E-state index contributed by atoms with van der Waals surface area (Å²) in [6.07, 6.45) is 1.89. The molecule has 1 aliphatic heterocycles. The number of nitrogens with one attached hydrogen (secondary N) is 2. The highest BCUT2D eigenvalue weighted by Crippen LogP contribution is 2.32. The number of ether oxygens (including phenoxy) is 2. The highest BCUT2D eigenvalue weighted by molar-refractivity contribution is 5.93. The van der Waals surface area contributed by atoms with Crippen LogP contribution in [0.3, 0.4) is 0 Å². The fourth-order valence-electron chi connectivity index (χ4n) is 3.22. The maximum atomic E-state index is 12.2. The van der Waals surface area contributed by atoms with Crippen LogP contribution < -0.4 is 15.0 Å². The first kappa shape index (κ1) is 16.5. The van der Waals surface area contributed by atoms with Crippen LogP contribution in [-0.4, -0.2) is 44.2 Å². The van der Waals surface area contributed by atoms with Crippen LogP contribution in [0.4, 0.5) is 5.69 Å². The van der Waals surface area contributed by atoms with Gasteiger partial charge in [-0.1, -0.05) is 0 Å². The summed E-state index contributed by atoms with van der Waals surface area (Å²) in [5, 5.41) is 4.40. The van der Waals surface area contributed by atoms with Crippen LogP contribution in [0.1, 0.15) is 10.4 Å². The van der Waals surface area contributed by atoms with Gasteiger partial charge in [-0.15, -0.1) is 0 Å². The van der Waals surface area contributed by atoms with Crippen LogP contribution in [-0.2, 0) is 4.74 Å². The van der Waals surface area contributed by atoms with Gasteiger partial charge in [0.05, 0.1) is 7.11 Å². The van der Waals surface area contributed by atoms with Crippen molar-refractivity contribution < 1.29 is 14.3 Å². The lowest BCUT2D eigenvalue weighted by Gasteiger charge is -2.30. The molecular formula is C20H21N3O3. The highest BCUT2D eigenvalue weighted by Gasteiger charge is 2.18. The van der Waals surface area contributed by atoms with Gasteiger partial charge in [0.25, 0.3) is 0 Å². The molecule has 1 fully saturated rings. The Hall–Kier alpha value is -2.99. The molecule has 0 saturated carbocycles. The van der Waals surface area contributed by atoms with Crippen molar-refractivity contribution in [2.24, 2.45) is 0 Å². The molecule has 2 N–H and O–H groups in total. The number of rotatable bonds is 4. The van der Waals surface area contributed by atoms with Crippen molar-refractivity contribution in [3.05, 3.63) is 54.2 Å². The van der Waals surface area contributed by atoms with Crippen LogP contribution in [0.5, 0.6) is 11.5 Å². The molecule has 134 valence electrons. The molecule has 0 radical (unpaired) electrons. The molecule has 0 atom stereocenters. The number of aromatic amines is 1. The van der Waals surface area contributed by atoms with Gasteiger partial charge >= 0.3 is 5.97 Å². The topological polar surface area (TPSA) is 66.6 Å². The fraction of sp³-hybridized carbons (Fsp3) is 0.250. The molecule has 2 aromatic carbocycles. The number of piperazine rings is 1. The van der Waals surface area contributed by atoms with Crippen LogP contribution in [0.15, 0.2) is 48.7 Å². The van der Waals surface area contributed by atoms with E-state index in [9.17, 15) is 4.79 Å². The van der Waals surface area contributed by atoms with Crippen molar-refractivity contribution in [2.75, 3.05) is 38.2 Å². The second-order valence-corrected chi connectivity index (χ2v) is 6.24. The summed E-state index contributed by atoms with van der Waals surface area (Å²) in [6.45, 7) is 3.73. The van der Waals surface area contributed by atoms with E-state index in [1.807, 2.05) is 42.6 Å². The molecule has 0 unspecified atom stereocenters. The number of esters is 1. The lowest BCUT2D eigenvalue weighted by Crippen LogP contribution is -2.43. The Morgan fingerprint density at radius 1 is 1.08 bits per heavy atom. The average Bonchev–Trinajstić information content (AvgIpc) is 3.16. The van der Waals surface area contributed by atoms with Gasteiger partial charge in [0.1, 0.15) is 17.1 Å². The van der Waals surface area contributed by atoms with Gasteiger partial charge < -0.3 is 24.7 Å². The van der Waals surface area contributed by atoms with Gasteiger partial charge in [0.15, 0.2) is 0 Å². The van der Waals surface area contributed by atoms with E-state index < -0.39 is 5.97 Å². The van der Waals surface area contributed by atoms with Gasteiger partial charge in [-0.05, 0) is 36.4 Å². The maximum absolute atomic E-state index is 12.2. The van der Waals surface area contributed by atoms with Gasteiger partial charge in [0.2, 0.25) is 0 Å². The smallest absolute Gasteiger partial charge is 0.341 e. The van der Waals surface area contributed by atoms with Crippen LogP contribution >= 0.6 is 0 Å². The minimum absolute atomic E-state index is 0.408. The lowest BCUT2D eigenvalue weighted by atomic mass is 10.1. The van der Waals surface area contributed by atoms with Gasteiger partial charge in [-0.2, -0.15) is 0 Å². The molecule has 3 aromatic rings. The second-order valence-electron chi connectivity index (χ2n) is 6.24. The Morgan fingerprint density at radius 3 is 2.73 bits per heavy atom. The molecule has 6 heteroatoms. The van der Waals surface area contributed by atoms with Crippen molar-refractivity contribution in [3.63, 3.8) is 0 Å². The summed E-state index contributed by atoms with van der Waals surface area (Å²) < 4.78 is 11.0. The molecule has 1 saturated heterocycles. The number of hydrogen-bond acceptors (Lipinski definition) is 5. The molecular weight excluding hydrogens is 330 g/mol. The molecule has 0 spiro atoms. The minimum atomic E-state index is -0.408. The number of fused-ring (bicyclic) bond motifs is 1. The monoisotopic (exact) mass is 351 g/mol. The van der Waals surface area contributed by atoms with E-state index >= 15 is 0 Å². The Labute approximate surface area is 151 Å². The Bertz CT molecular complexity index is 929. The summed E-state index contributed by atoms with van der Waals surface area (Å²) in [4.78, 5) is 17.6. The normalized spacial score (nSPS) is 14.4. The minimum Gasteiger partial charge on any atom is -0.465 e. The number of carbonyl (C=O) groups is 1. The van der Waals surface area contributed by atoms with Gasteiger partial charge in [-0.25, -0.2) is 4.79 Å². The summed E-state index contributed by atoms with van der Waals surface area (Å²) in [6, 6.07) is 13.4. The summed E-state index contributed by atoms with van der Waals surface area (Å²) >= 11 is 0. The number of anilines is 1. The van der Waals surface area contributed by atoms with Crippen LogP contribution in [0.25, 0.3) is 10.9 Å². The third-order valence-corrected chi connectivity index (χ3v) is 4.61. The predicted molar refractivity (Wildman–Crippen MR) is 101 cm³/mol. The average molecular weight is 351 g/mol. The van der Waals surface area contributed by atoms with E-state index in [0.29, 0.717) is 17.1 Å². The van der Waals surface area contributed by atoms with Crippen molar-refractivity contribution >= 4 is 22.6 Å². The number of methoxy groups -OCH3 is 1. The number of aromatic nitrogens is 1. The third-order valence-electron chi connectivity index (χ3n) is 4.61. The van der Waals surface area contributed by atoms with Crippen molar-refractivity contribution in [1.29, 1.82) is 0 Å². The number of benzene rings is 2. The second kappa shape index (κ2) is 7.09. The number of H-pyrrole nitrogens is 1. The number of carbonyl (C=O) groups excluding carboxylic acids is 1. The Morgan fingerprint density at radius 2 is 1.92 bits per heavy atom. The lowest BCUT2D eigenvalue weighted by molar-refractivity contribution is 0.0598. The zero-order valence-electron chi connectivity index (χ0n) is 14.6. The molecule has 4 rings (SSSR count). The molecule has 0 aliphatic carbocycles. The number of hydrogen-bond donors (Lipinski definition) is 2. The molecule has 0 bridgehead atoms. The van der Waals surface area contributed by atoms with Crippen LogP contribution in [0, 0.1) is 0 Å². The largest absolute Gasteiger partial charge is 0.465 e. The first-order chi connectivity index (χ1) is 12.7. The van der Waals surface area contributed by atoms with Crippen LogP contribution in [0.2, 0.25) is 0 Å². The summed E-state index contributed by atoms with van der Waals surface area (Å²) in [7, 11) is 1.38. The van der Waals surface area contributed by atoms with E-state index in [1.54, 1.807) is 6.07 Å². The zero-order valence-corrected chi connectivity index (χ0v) is 14.6. The predicted octanol–water partition coefficient (Wildman–Crippen LogP) is 3.16. The summed E-state index contributed by atoms with van der Waals surface area (Å²) in [5.41, 5.74) is 2.50. The zero-order chi connectivity index (χ0) is 17.9. The fourth-order valence-corrected chi connectivity index (χ4v) is 3.22. The maximum Gasteiger partial charge on any atom is 0.341 e. The Kier molecular flexibility index (Phi) is 4.50. The molecule has 1 aromatic heterocycles. The first-order valence-electron chi connectivity index (χ1n) is 8.67.